The highest BCUT2D eigenvalue weighted by molar-refractivity contribution is 7.97. The number of azo groups is 6. The molecule has 0 saturated carbocycles. The van der Waals surface area contributed by atoms with Crippen LogP contribution >= 0.6 is 48.5 Å². The first kappa shape index (κ1) is 101. The zero-order valence-corrected chi connectivity index (χ0v) is 74.2. The highest BCUT2D eigenvalue weighted by Gasteiger charge is 2.31. The Morgan fingerprint density at radius 3 is 1.09 bits per heavy atom. The molecule has 0 heterocycles. The highest BCUT2D eigenvalue weighted by atomic mass is 32.2. The van der Waals surface area contributed by atoms with Gasteiger partial charge in [-0.15, -0.1) is 58.2 Å². The van der Waals surface area contributed by atoms with Crippen molar-refractivity contribution in [2.75, 3.05) is 44.8 Å². The third kappa shape index (κ3) is 24.9. The van der Waals surface area contributed by atoms with Crippen molar-refractivity contribution in [2.45, 2.75) is 49.0 Å². The zero-order valence-electron chi connectivity index (χ0n) is 64.4. The monoisotopic (exact) mass is 2060 g/mol. The Kier molecular flexibility index (Phi) is 32.4. The van der Waals surface area contributed by atoms with Crippen molar-refractivity contribution in [3.8, 4) is 23.0 Å². The minimum absolute atomic E-state index is 0.0120. The Morgan fingerprint density at radius 2 is 0.697 bits per heavy atom. The lowest BCUT2D eigenvalue weighted by atomic mass is 10.1. The summed E-state index contributed by atoms with van der Waals surface area (Å²) in [5.74, 6) is -5.19. The minimum atomic E-state index is -5.32. The molecule has 18 N–H and O–H groups in total. The summed E-state index contributed by atoms with van der Waals surface area (Å²) < 4.78 is 275. The molecule has 0 spiro atoms. The summed E-state index contributed by atoms with van der Waals surface area (Å²) in [5.41, 5.74) is 5.84. The molecule has 0 atom stereocenters. The summed E-state index contributed by atoms with van der Waals surface area (Å²) in [6.45, 7) is -0.591. The Hall–Kier alpha value is -11.8. The molecule has 0 aromatic heterocycles. The number of hydrogen-bond donors (Lipinski definition) is 16. The maximum atomic E-state index is 13.6. The molecule has 0 aliphatic rings. The molecule has 0 unspecified atom stereocenters. The quantitative estimate of drug-likeness (QED) is 0.00321. The lowest BCUT2D eigenvalue weighted by Gasteiger charge is -2.14. The zero-order chi connectivity index (χ0) is 96.1. The SMILES string of the molecule is Nc1c(/N=N/c2ccc(S(=O)(=O)Nc3ccc(N=Nc4c(O)ccc(N=Nc5ccc(NS(=O)(=O)c6ccc(/N=N/c7c(S(=O)(=O)O)cc8cc(SOOO)c(/N=N/c9ccc(S(=O)(=O)CCOSOOO)cc9S(=O)(=O)O)c(O)c8c7N)cc6)cc5)c4O)cc3)cc2)c(S(=O)(=O)O)cc2cc(SOOO)c(N=Nc3ccc(S(=O)(=O)CCSOOOO)cc3S(=O)(=O)O)c(O)c12. The van der Waals surface area contributed by atoms with E-state index in [4.69, 9.17) is 36.7 Å². The molecule has 54 nitrogen and oxygen atoms in total. The van der Waals surface area contributed by atoms with E-state index in [1.165, 1.54) is 48.5 Å². The first-order chi connectivity index (χ1) is 62.3. The largest absolute Gasteiger partial charge is 0.505 e. The van der Waals surface area contributed by atoms with Crippen LogP contribution in [0.1, 0.15) is 0 Å². The van der Waals surface area contributed by atoms with Gasteiger partial charge in [0.05, 0.1) is 116 Å². The summed E-state index contributed by atoms with van der Waals surface area (Å²) in [6, 6.07) is 29.1. The average Bonchev–Trinajstić information content (AvgIpc) is 0.746. The maximum Gasteiger partial charge on any atom is 0.296 e. The van der Waals surface area contributed by atoms with Crippen molar-refractivity contribution in [1.82, 2.24) is 0 Å². The van der Waals surface area contributed by atoms with Crippen LogP contribution in [0.3, 0.4) is 0 Å². The Morgan fingerprint density at radius 1 is 0.341 bits per heavy atom. The Balaban J connectivity index is 0.734. The molecule has 698 valence electrons. The van der Waals surface area contributed by atoms with Gasteiger partial charge >= 0.3 is 0 Å². The van der Waals surface area contributed by atoms with Crippen molar-refractivity contribution in [3.63, 3.8) is 0 Å². The van der Waals surface area contributed by atoms with Crippen molar-refractivity contribution in [3.05, 3.63) is 170 Å². The molecule has 0 fully saturated rings. The highest BCUT2D eigenvalue weighted by Crippen LogP contribution is 2.53. The number of aromatic hydroxyl groups is 4. The van der Waals surface area contributed by atoms with Crippen molar-refractivity contribution in [1.29, 1.82) is 0 Å². The normalized spacial score (nSPS) is 13.0. The van der Waals surface area contributed by atoms with E-state index in [-0.39, 0.29) is 103 Å². The van der Waals surface area contributed by atoms with Gasteiger partial charge in [0.25, 0.3) is 60.5 Å². The third-order valence-corrected chi connectivity index (χ3v) is 29.0. The predicted molar refractivity (Wildman–Crippen MR) is 457 cm³/mol. The smallest absolute Gasteiger partial charge is 0.296 e. The number of phenols is 4. The van der Waals surface area contributed by atoms with Gasteiger partial charge in [0.15, 0.2) is 54.9 Å². The number of anilines is 4. The third-order valence-electron chi connectivity index (χ3n) is 16.9. The molecule has 132 heavy (non-hydrogen) atoms. The van der Waals surface area contributed by atoms with Gasteiger partial charge in [-0.1, -0.05) is 15.1 Å². The number of nitrogen functional groups attached to an aromatic ring is 2. The lowest BCUT2D eigenvalue weighted by molar-refractivity contribution is -0.591. The van der Waals surface area contributed by atoms with Crippen LogP contribution < -0.4 is 20.9 Å². The number of fused-ring (bicyclic) bond motifs is 2. The second-order valence-electron chi connectivity index (χ2n) is 25.2. The van der Waals surface area contributed by atoms with Crippen LogP contribution in [0.2, 0.25) is 0 Å². The number of nitrogens with one attached hydrogen (secondary N) is 2. The number of benzene rings is 11. The van der Waals surface area contributed by atoms with E-state index < -0.39 is 222 Å². The van der Waals surface area contributed by atoms with Crippen LogP contribution in [0.15, 0.2) is 280 Å². The van der Waals surface area contributed by atoms with Gasteiger partial charge < -0.3 is 31.9 Å². The molecule has 0 radical (unpaired) electrons. The molecule has 0 aliphatic heterocycles. The van der Waals surface area contributed by atoms with Crippen LogP contribution in [-0.4, -0.2) is 151 Å². The molecule has 0 aliphatic carbocycles. The fourth-order valence-corrected chi connectivity index (χ4v) is 20.5. The van der Waals surface area contributed by atoms with Gasteiger partial charge in [-0.3, -0.25) is 31.8 Å². The number of rotatable bonds is 42. The maximum absolute atomic E-state index is 13.6. The molecular formula is C66H54N16O38S12. The second-order valence-corrected chi connectivity index (χ2v) is 41.1. The van der Waals surface area contributed by atoms with E-state index >= 15 is 0 Å². The number of sulfonamides is 2. The second kappa shape index (κ2) is 42.4. The molecule has 11 aromatic rings. The Bertz CT molecular complexity index is 7480. The van der Waals surface area contributed by atoms with Crippen molar-refractivity contribution in [2.24, 2.45) is 61.4 Å². The van der Waals surface area contributed by atoms with Crippen molar-refractivity contribution < 1.29 is 174 Å². The van der Waals surface area contributed by atoms with E-state index in [0.29, 0.717) is 24.2 Å². The molecule has 0 saturated heterocycles. The van der Waals surface area contributed by atoms with E-state index in [1.807, 2.05) is 0 Å². The van der Waals surface area contributed by atoms with Gasteiger partial charge in [0.1, 0.15) is 65.1 Å². The number of nitrogens with zero attached hydrogens (tertiary/aromatic N) is 12. The fraction of sp³-hybridized carbons (Fsp3) is 0.0606. The van der Waals surface area contributed by atoms with Crippen LogP contribution in [-0.2, 0) is 127 Å². The van der Waals surface area contributed by atoms with Crippen LogP contribution in [0.5, 0.6) is 23.0 Å². The van der Waals surface area contributed by atoms with Crippen LogP contribution in [0.25, 0.3) is 21.5 Å². The summed E-state index contributed by atoms with van der Waals surface area (Å²) in [4.78, 5) is -7.16. The summed E-state index contributed by atoms with van der Waals surface area (Å²) in [5, 5.41) is 142. The summed E-state index contributed by atoms with van der Waals surface area (Å²) >= 11 is 0.605. The van der Waals surface area contributed by atoms with Gasteiger partial charge in [-0.05, 0) is 191 Å². The average molecular weight is 2060 g/mol. The minimum Gasteiger partial charge on any atom is -0.505 e. The number of nitrogens with two attached hydrogens (primary N) is 2. The summed E-state index contributed by atoms with van der Waals surface area (Å²) in [6.07, 6.45) is 0. The lowest BCUT2D eigenvalue weighted by Crippen LogP contribution is -2.12. The van der Waals surface area contributed by atoms with Gasteiger partial charge in [-0.2, -0.15) is 54.1 Å². The summed E-state index contributed by atoms with van der Waals surface area (Å²) in [7, 11) is -38.8. The molecule has 11 aromatic carbocycles. The van der Waals surface area contributed by atoms with Crippen molar-refractivity contribution >= 4 is 241 Å². The molecule has 0 amide bonds. The molecule has 11 rings (SSSR count). The fourth-order valence-electron chi connectivity index (χ4n) is 11.0. The molecular weight excluding hydrogens is 2010 g/mol. The topological polar surface area (TPSA) is 833 Å². The number of hydrogen-bond acceptors (Lipinski definition) is 52. The molecule has 0 bridgehead atoms. The number of sulfone groups is 2. The number of phenolic OH excluding ortho intramolecular Hbond substituents is 4. The van der Waals surface area contributed by atoms with Gasteiger partial charge in [0, 0.05) is 29.2 Å². The van der Waals surface area contributed by atoms with Crippen LogP contribution in [0.4, 0.5) is 91.0 Å². The first-order valence-electron chi connectivity index (χ1n) is 34.5. The van der Waals surface area contributed by atoms with E-state index in [0.717, 1.165) is 109 Å². The standard InChI is InChI=1S/C66H54N16O38S12/c67-57-55-33(27-49(122-117-113-88)60(65(55)85)77-73-45-19-17-43(31-51(45)129(99,100)101)125(91,92)25-23-111-124-119-115-90)29-53(131(105,106)107)62(57)79-71-37-9-13-41(14-10-37)127(95,96)81-39-5-1-35(2-6-39)69-75-47-21-22-48(83)59(64(47)84)76-70-36-3-7-40(8-4-36)82-128(97,98)42-15-11-38(12-16-42)72-80-63-54(132(108,109)110)30-34-28-50(123-118-114-89)61(66(86)56(34)58(63)68)78-74-46-20-18-44(32-52(46)130(102,103)104)126(93,94)26-24-121-120-116-112-87/h1-22,27-32,81-90H,23-26,67-68H2,(H,99,100,101)(H,102,103,104)(H,105,106,107)(H,108,109,110)/b75-69?,76-70?,77-73+,78-74?,79-71+,80-72+. The van der Waals surface area contributed by atoms with Gasteiger partial charge in [-0.25, -0.2) is 54.7 Å². The van der Waals surface area contributed by atoms with Gasteiger partial charge in [0.2, 0.25) is 0 Å². The van der Waals surface area contributed by atoms with E-state index in [1.54, 1.807) is 0 Å². The van der Waals surface area contributed by atoms with E-state index in [2.05, 4.69) is 113 Å². The molecule has 66 heteroatoms. The predicted octanol–water partition coefficient (Wildman–Crippen LogP) is 15.5. The van der Waals surface area contributed by atoms with E-state index in [9.17, 15) is 106 Å². The Labute approximate surface area is 757 Å². The first-order valence-corrected chi connectivity index (χ1v) is 49.6. The van der Waals surface area contributed by atoms with Crippen LogP contribution in [0, 0.1) is 0 Å².